The number of aliphatic hydroxyl groups is 1. The van der Waals surface area contributed by atoms with Crippen molar-refractivity contribution in [1.29, 1.82) is 0 Å². The van der Waals surface area contributed by atoms with Crippen molar-refractivity contribution in [2.45, 2.75) is 62.8 Å². The number of carbonyl (C=O) groups is 3. The lowest BCUT2D eigenvalue weighted by atomic mass is 9.73. The van der Waals surface area contributed by atoms with Crippen molar-refractivity contribution in [1.82, 2.24) is 9.80 Å². The molecule has 0 bridgehead atoms. The van der Waals surface area contributed by atoms with E-state index in [0.29, 0.717) is 45.4 Å². The number of hydrogen-bond acceptors (Lipinski definition) is 5. The average Bonchev–Trinajstić information content (AvgIpc) is 3.38. The molecule has 47 heavy (non-hydrogen) atoms. The molecular weight excluding hydrogens is 590 g/mol. The summed E-state index contributed by atoms with van der Waals surface area (Å²) in [4.78, 5) is 49.6. The zero-order valence-electron chi connectivity index (χ0n) is 27.0. The van der Waals surface area contributed by atoms with Crippen molar-refractivity contribution >= 4 is 34.2 Å². The summed E-state index contributed by atoms with van der Waals surface area (Å²) in [6.45, 7) is 3.69. The van der Waals surface area contributed by atoms with Crippen LogP contribution in [0.4, 0.5) is 5.69 Å². The van der Waals surface area contributed by atoms with Gasteiger partial charge >= 0.3 is 0 Å². The number of anilines is 1. The number of rotatable bonds is 10. The lowest BCUT2D eigenvalue weighted by Crippen LogP contribution is -2.56. The van der Waals surface area contributed by atoms with Crippen molar-refractivity contribution in [3.63, 3.8) is 0 Å². The van der Waals surface area contributed by atoms with Gasteiger partial charge in [-0.1, -0.05) is 105 Å². The SMILES string of the molecule is CC[C@]12C=CCN(Cc3ccccc3)C(=O)[C@H]1[C@H]1C(=O)N(CCCCCCO)C3C(=O)N(c4ccc5ccccc5c4)CC=C[C@@]31O2. The molecule has 1 spiro atoms. The Kier molecular flexibility index (Phi) is 8.49. The smallest absolute Gasteiger partial charge is 0.253 e. The van der Waals surface area contributed by atoms with E-state index in [1.807, 2.05) is 109 Å². The third-order valence-electron chi connectivity index (χ3n) is 10.6. The number of benzene rings is 3. The Morgan fingerprint density at radius 2 is 1.53 bits per heavy atom. The Labute approximate surface area is 276 Å². The van der Waals surface area contributed by atoms with Gasteiger partial charge < -0.3 is 24.5 Å². The monoisotopic (exact) mass is 633 g/mol. The minimum Gasteiger partial charge on any atom is -0.396 e. The van der Waals surface area contributed by atoms with Crippen LogP contribution in [0.1, 0.15) is 44.6 Å². The number of hydrogen-bond donors (Lipinski definition) is 1. The van der Waals surface area contributed by atoms with Crippen LogP contribution in [-0.4, -0.2) is 76.1 Å². The topological polar surface area (TPSA) is 90.4 Å². The standard InChI is InChI=1S/C39H43N3O5/c1-2-38-20-12-22-40(27-28-14-6-5-7-15-28)35(44)32(38)33-36(45)42(23-10-3-4-11-25-43)34-37(46)41(24-13-21-39(33,34)47-38)31-19-18-29-16-8-9-17-30(29)26-31/h5-9,12-21,26,32-34,43H,2-4,10-11,22-25,27H2,1H3/t32-,33+,34?,38+,39+/m1/s1. The highest BCUT2D eigenvalue weighted by molar-refractivity contribution is 6.06. The molecule has 0 aliphatic carbocycles. The van der Waals surface area contributed by atoms with Crippen molar-refractivity contribution < 1.29 is 24.2 Å². The third-order valence-corrected chi connectivity index (χ3v) is 10.6. The largest absolute Gasteiger partial charge is 0.396 e. The minimum absolute atomic E-state index is 0.115. The Bertz CT molecular complexity index is 1720. The first-order valence-electron chi connectivity index (χ1n) is 17.0. The molecule has 4 heterocycles. The molecule has 5 atom stereocenters. The van der Waals surface area contributed by atoms with Gasteiger partial charge in [-0.05, 0) is 47.7 Å². The first kappa shape index (κ1) is 31.3. The number of carbonyl (C=O) groups excluding carboxylic acids is 3. The fourth-order valence-corrected chi connectivity index (χ4v) is 8.32. The second kappa shape index (κ2) is 12.7. The van der Waals surface area contributed by atoms with E-state index in [1.54, 1.807) is 9.80 Å². The van der Waals surface area contributed by atoms with Gasteiger partial charge in [0, 0.05) is 38.5 Å². The van der Waals surface area contributed by atoms with E-state index in [0.717, 1.165) is 34.9 Å². The fraction of sp³-hybridized carbons (Fsp3) is 0.410. The number of likely N-dealkylation sites (tertiary alicyclic amines) is 1. The van der Waals surface area contributed by atoms with Gasteiger partial charge in [-0.3, -0.25) is 14.4 Å². The second-order valence-electron chi connectivity index (χ2n) is 13.3. The number of unbranched alkanes of at least 4 members (excludes halogenated alkanes) is 3. The highest BCUT2D eigenvalue weighted by Gasteiger charge is 2.75. The van der Waals surface area contributed by atoms with Crippen molar-refractivity contribution in [3.05, 3.63) is 103 Å². The highest BCUT2D eigenvalue weighted by Crippen LogP contribution is 2.58. The van der Waals surface area contributed by atoms with E-state index in [9.17, 15) is 19.5 Å². The van der Waals surface area contributed by atoms with Gasteiger partial charge in [0.05, 0.1) is 17.4 Å². The zero-order chi connectivity index (χ0) is 32.6. The third kappa shape index (κ3) is 5.28. The van der Waals surface area contributed by atoms with Crippen LogP contribution in [0, 0.1) is 11.8 Å². The van der Waals surface area contributed by atoms with E-state index in [1.165, 1.54) is 0 Å². The van der Waals surface area contributed by atoms with E-state index in [-0.39, 0.29) is 24.3 Å². The van der Waals surface area contributed by atoms with Crippen LogP contribution in [0.2, 0.25) is 0 Å². The van der Waals surface area contributed by atoms with Crippen LogP contribution >= 0.6 is 0 Å². The lowest BCUT2D eigenvalue weighted by Gasteiger charge is -2.38. The van der Waals surface area contributed by atoms with Gasteiger partial charge in [-0.25, -0.2) is 0 Å². The maximum atomic E-state index is 14.9. The number of amides is 3. The Morgan fingerprint density at radius 1 is 0.787 bits per heavy atom. The summed E-state index contributed by atoms with van der Waals surface area (Å²) < 4.78 is 7.15. The van der Waals surface area contributed by atoms with Crippen molar-refractivity contribution in [3.8, 4) is 0 Å². The molecule has 2 saturated heterocycles. The quantitative estimate of drug-likeness (QED) is 0.243. The predicted octanol–water partition coefficient (Wildman–Crippen LogP) is 5.25. The number of aliphatic hydroxyl groups excluding tert-OH is 1. The van der Waals surface area contributed by atoms with E-state index in [4.69, 9.17) is 4.74 Å². The average molecular weight is 634 g/mol. The molecule has 7 rings (SSSR count). The van der Waals surface area contributed by atoms with Crippen LogP contribution in [-0.2, 0) is 25.7 Å². The Morgan fingerprint density at radius 3 is 2.32 bits per heavy atom. The molecule has 1 N–H and O–H groups in total. The zero-order valence-corrected chi connectivity index (χ0v) is 27.0. The van der Waals surface area contributed by atoms with Crippen molar-refractivity contribution in [2.24, 2.45) is 11.8 Å². The molecule has 8 heteroatoms. The maximum Gasteiger partial charge on any atom is 0.253 e. The fourth-order valence-electron chi connectivity index (χ4n) is 8.32. The van der Waals surface area contributed by atoms with Crippen LogP contribution in [0.25, 0.3) is 10.8 Å². The molecule has 244 valence electrons. The van der Waals surface area contributed by atoms with Gasteiger partial charge in [0.15, 0.2) is 0 Å². The first-order valence-corrected chi connectivity index (χ1v) is 17.0. The second-order valence-corrected chi connectivity index (χ2v) is 13.3. The van der Waals surface area contributed by atoms with Crippen LogP contribution in [0.5, 0.6) is 0 Å². The Hall–Kier alpha value is -4.27. The van der Waals surface area contributed by atoms with Gasteiger partial charge in [-0.2, -0.15) is 0 Å². The van der Waals surface area contributed by atoms with Gasteiger partial charge in [0.2, 0.25) is 11.8 Å². The van der Waals surface area contributed by atoms with Gasteiger partial charge in [0.25, 0.3) is 5.91 Å². The van der Waals surface area contributed by atoms with Crippen LogP contribution in [0.3, 0.4) is 0 Å². The van der Waals surface area contributed by atoms with Crippen molar-refractivity contribution in [2.75, 3.05) is 31.1 Å². The molecule has 1 unspecified atom stereocenters. The highest BCUT2D eigenvalue weighted by atomic mass is 16.5. The van der Waals surface area contributed by atoms with E-state index >= 15 is 0 Å². The maximum absolute atomic E-state index is 14.9. The summed E-state index contributed by atoms with van der Waals surface area (Å²) in [7, 11) is 0. The Balaban J connectivity index is 1.29. The molecule has 3 aromatic rings. The van der Waals surface area contributed by atoms with E-state index < -0.39 is 29.1 Å². The normalized spacial score (nSPS) is 28.4. The number of ether oxygens (including phenoxy) is 1. The molecular formula is C39H43N3O5. The van der Waals surface area contributed by atoms with Gasteiger partial charge in [0.1, 0.15) is 11.6 Å². The molecule has 0 aromatic heterocycles. The molecule has 2 fully saturated rings. The summed E-state index contributed by atoms with van der Waals surface area (Å²) in [6.07, 6.45) is 11.4. The lowest BCUT2D eigenvalue weighted by molar-refractivity contribution is -0.150. The number of nitrogens with zero attached hydrogens (tertiary/aromatic N) is 3. The summed E-state index contributed by atoms with van der Waals surface area (Å²) in [5.41, 5.74) is -0.530. The molecule has 8 nitrogen and oxygen atoms in total. The van der Waals surface area contributed by atoms with Crippen LogP contribution in [0.15, 0.2) is 97.1 Å². The minimum atomic E-state index is -1.29. The molecule has 0 radical (unpaired) electrons. The molecule has 3 aromatic carbocycles. The number of fused-ring (bicyclic) bond motifs is 3. The molecule has 0 saturated carbocycles. The van der Waals surface area contributed by atoms with Gasteiger partial charge in [-0.15, -0.1) is 0 Å². The predicted molar refractivity (Wildman–Crippen MR) is 181 cm³/mol. The van der Waals surface area contributed by atoms with Crippen LogP contribution < -0.4 is 4.90 Å². The summed E-state index contributed by atoms with van der Waals surface area (Å²) in [5.74, 6) is -2.11. The van der Waals surface area contributed by atoms with E-state index in [2.05, 4.69) is 0 Å². The molecule has 4 aliphatic heterocycles. The summed E-state index contributed by atoms with van der Waals surface area (Å²) >= 11 is 0. The summed E-state index contributed by atoms with van der Waals surface area (Å²) in [6, 6.07) is 23.0. The molecule has 4 aliphatic rings. The summed E-state index contributed by atoms with van der Waals surface area (Å²) in [5, 5.41) is 11.4. The first-order chi connectivity index (χ1) is 22.9. The molecule has 3 amide bonds.